The van der Waals surface area contributed by atoms with Crippen LogP contribution in [-0.4, -0.2) is 96.4 Å². The van der Waals surface area contributed by atoms with Crippen LogP contribution in [0.3, 0.4) is 0 Å². The summed E-state index contributed by atoms with van der Waals surface area (Å²) in [7, 11) is -3.51. The molecular formula is C31H58N2O8S. The van der Waals surface area contributed by atoms with Gasteiger partial charge >= 0.3 is 0 Å². The van der Waals surface area contributed by atoms with Crippen molar-refractivity contribution in [3.63, 3.8) is 0 Å². The second kappa shape index (κ2) is 24.8. The van der Waals surface area contributed by atoms with E-state index in [0.717, 1.165) is 24.9 Å². The molecule has 0 radical (unpaired) electrons. The molecule has 0 fully saturated rings. The molecule has 0 heterocycles. The van der Waals surface area contributed by atoms with Crippen LogP contribution in [0.25, 0.3) is 0 Å². The molecule has 0 saturated carbocycles. The summed E-state index contributed by atoms with van der Waals surface area (Å²) in [6.07, 6.45) is 11.3. The molecule has 1 aromatic rings. The number of nitrogens with one attached hydrogen (secondary N) is 1. The molecular weight excluding hydrogens is 560 g/mol. The number of anilines is 2. The van der Waals surface area contributed by atoms with Gasteiger partial charge in [0.05, 0.1) is 70.4 Å². The number of aliphatic hydroxyl groups excluding tert-OH is 2. The zero-order chi connectivity index (χ0) is 30.9. The Morgan fingerprint density at radius 2 is 1.33 bits per heavy atom. The molecule has 0 aliphatic carbocycles. The van der Waals surface area contributed by atoms with Crippen molar-refractivity contribution >= 4 is 21.4 Å². The minimum absolute atomic E-state index is 0.00365. The van der Waals surface area contributed by atoms with Gasteiger partial charge < -0.3 is 34.1 Å². The highest BCUT2D eigenvalue weighted by atomic mass is 32.2. The van der Waals surface area contributed by atoms with E-state index in [9.17, 15) is 13.5 Å². The van der Waals surface area contributed by atoms with E-state index in [0.29, 0.717) is 70.6 Å². The lowest BCUT2D eigenvalue weighted by molar-refractivity contribution is 0.00869. The second-order valence-electron chi connectivity index (χ2n) is 10.7. The van der Waals surface area contributed by atoms with Gasteiger partial charge in [-0.05, 0) is 32.4 Å². The highest BCUT2D eigenvalue weighted by Crippen LogP contribution is 2.32. The summed E-state index contributed by atoms with van der Waals surface area (Å²) in [5.41, 5.74) is 1.22. The molecule has 1 aromatic carbocycles. The Morgan fingerprint density at radius 3 is 1.90 bits per heavy atom. The van der Waals surface area contributed by atoms with E-state index in [1.54, 1.807) is 6.07 Å². The molecule has 0 spiro atoms. The first-order valence-electron chi connectivity index (χ1n) is 15.8. The number of nitrogens with zero attached hydrogens (tertiary/aromatic N) is 1. The number of hydrogen-bond acceptors (Lipinski definition) is 9. The lowest BCUT2D eigenvalue weighted by Crippen LogP contribution is -2.31. The highest BCUT2D eigenvalue weighted by Gasteiger charge is 2.17. The maximum atomic E-state index is 12.9. The van der Waals surface area contributed by atoms with E-state index in [2.05, 4.69) is 11.6 Å². The van der Waals surface area contributed by atoms with E-state index in [1.807, 2.05) is 30.9 Å². The van der Waals surface area contributed by atoms with Crippen LogP contribution in [0.4, 0.5) is 11.4 Å². The number of ether oxygens (including phenoxy) is 4. The van der Waals surface area contributed by atoms with Crippen LogP contribution in [0.15, 0.2) is 18.2 Å². The monoisotopic (exact) mass is 618 g/mol. The fourth-order valence-corrected chi connectivity index (χ4v) is 5.60. The summed E-state index contributed by atoms with van der Waals surface area (Å²) in [4.78, 5) is 1.97. The predicted octanol–water partition coefficient (Wildman–Crippen LogP) is 4.98. The number of sulfonamides is 1. The molecule has 42 heavy (non-hydrogen) atoms. The standard InChI is InChI=1S/C31H58N2O8S/c1-4-5-6-7-8-9-10-11-12-13-26-42(36,37)32-30-15-14-29(27-31(30)41-28(2)3)33(16-18-34)17-20-38-22-24-40-25-23-39-21-19-35/h14-15,27-28,32,34-35H,4-13,16-26H2,1-3H3. The molecule has 1 rings (SSSR count). The van der Waals surface area contributed by atoms with Gasteiger partial charge in [0.2, 0.25) is 10.0 Å². The quantitative estimate of drug-likeness (QED) is 0.107. The molecule has 0 aliphatic rings. The van der Waals surface area contributed by atoms with Crippen LogP contribution >= 0.6 is 0 Å². The third-order valence-corrected chi connectivity index (χ3v) is 7.94. The number of rotatable bonds is 29. The van der Waals surface area contributed by atoms with Gasteiger partial charge in [0.1, 0.15) is 5.75 Å². The topological polar surface area (TPSA) is 127 Å². The lowest BCUT2D eigenvalue weighted by Gasteiger charge is -2.26. The zero-order valence-electron chi connectivity index (χ0n) is 26.4. The van der Waals surface area contributed by atoms with Crippen LogP contribution in [0.1, 0.15) is 85.0 Å². The smallest absolute Gasteiger partial charge is 0.232 e. The van der Waals surface area contributed by atoms with Crippen molar-refractivity contribution in [2.24, 2.45) is 0 Å². The molecule has 0 aromatic heterocycles. The van der Waals surface area contributed by atoms with Crippen molar-refractivity contribution < 1.29 is 37.6 Å². The van der Waals surface area contributed by atoms with E-state index in [1.165, 1.54) is 38.5 Å². The Bertz CT molecular complexity index is 886. The van der Waals surface area contributed by atoms with E-state index < -0.39 is 10.0 Å². The normalized spacial score (nSPS) is 11.8. The van der Waals surface area contributed by atoms with Crippen molar-refractivity contribution in [3.8, 4) is 5.75 Å². The fourth-order valence-electron chi connectivity index (χ4n) is 4.41. The third-order valence-electron chi connectivity index (χ3n) is 6.58. The molecule has 3 N–H and O–H groups in total. The van der Waals surface area contributed by atoms with Crippen molar-refractivity contribution in [3.05, 3.63) is 18.2 Å². The van der Waals surface area contributed by atoms with Crippen LogP contribution in [0.5, 0.6) is 5.75 Å². The van der Waals surface area contributed by atoms with Gasteiger partial charge in [-0.2, -0.15) is 0 Å². The Kier molecular flexibility index (Phi) is 22.6. The Balaban J connectivity index is 2.57. The minimum atomic E-state index is -3.51. The third kappa shape index (κ3) is 19.5. The summed E-state index contributed by atoms with van der Waals surface area (Å²) in [5, 5.41) is 18.3. The average molecular weight is 619 g/mol. The zero-order valence-corrected chi connectivity index (χ0v) is 27.2. The molecule has 11 heteroatoms. The Labute approximate surface area is 255 Å². The molecule has 0 aliphatic heterocycles. The SMILES string of the molecule is CCCCCCCCCCCCS(=O)(=O)Nc1ccc(N(CCO)CCOCCOCCOCCO)cc1OC(C)C. The van der Waals surface area contributed by atoms with E-state index in [-0.39, 0.29) is 25.1 Å². The molecule has 0 saturated heterocycles. The van der Waals surface area contributed by atoms with Crippen LogP contribution in [0.2, 0.25) is 0 Å². The van der Waals surface area contributed by atoms with E-state index in [4.69, 9.17) is 24.1 Å². The highest BCUT2D eigenvalue weighted by molar-refractivity contribution is 7.92. The summed E-state index contributed by atoms with van der Waals surface area (Å²) in [5.74, 6) is 0.537. The summed E-state index contributed by atoms with van der Waals surface area (Å²) in [6, 6.07) is 5.36. The molecule has 0 atom stereocenters. The summed E-state index contributed by atoms with van der Waals surface area (Å²) >= 11 is 0. The van der Waals surface area contributed by atoms with Gasteiger partial charge in [-0.3, -0.25) is 4.72 Å². The molecule has 10 nitrogen and oxygen atoms in total. The summed E-state index contributed by atoms with van der Waals surface area (Å²) < 4.78 is 50.7. The molecule has 246 valence electrons. The number of benzene rings is 1. The van der Waals surface area contributed by atoms with Crippen LogP contribution in [-0.2, 0) is 24.2 Å². The first kappa shape index (κ1) is 38.4. The van der Waals surface area contributed by atoms with Gasteiger partial charge in [0, 0.05) is 24.8 Å². The Morgan fingerprint density at radius 1 is 0.762 bits per heavy atom. The second-order valence-corrected chi connectivity index (χ2v) is 12.6. The number of hydrogen-bond donors (Lipinski definition) is 3. The first-order chi connectivity index (χ1) is 20.3. The van der Waals surface area contributed by atoms with Crippen LogP contribution < -0.4 is 14.4 Å². The van der Waals surface area contributed by atoms with Crippen molar-refractivity contribution in [1.82, 2.24) is 0 Å². The first-order valence-corrected chi connectivity index (χ1v) is 17.5. The fraction of sp³-hybridized carbons (Fsp3) is 0.806. The molecule has 0 bridgehead atoms. The lowest BCUT2D eigenvalue weighted by atomic mass is 10.1. The van der Waals surface area contributed by atoms with Crippen molar-refractivity contribution in [2.45, 2.75) is 91.1 Å². The van der Waals surface area contributed by atoms with Crippen molar-refractivity contribution in [2.75, 3.05) is 81.3 Å². The van der Waals surface area contributed by atoms with Gasteiger partial charge in [-0.1, -0.05) is 64.7 Å². The van der Waals surface area contributed by atoms with Crippen LogP contribution in [0, 0.1) is 0 Å². The predicted molar refractivity (Wildman–Crippen MR) is 170 cm³/mol. The maximum Gasteiger partial charge on any atom is 0.232 e. The van der Waals surface area contributed by atoms with Gasteiger partial charge in [-0.15, -0.1) is 0 Å². The molecule has 0 unspecified atom stereocenters. The number of unbranched alkanes of at least 4 members (excludes halogenated alkanes) is 9. The van der Waals surface area contributed by atoms with Gasteiger partial charge in [0.15, 0.2) is 0 Å². The summed E-state index contributed by atoms with van der Waals surface area (Å²) in [6.45, 7) is 9.36. The Hall–Kier alpha value is -1.63. The largest absolute Gasteiger partial charge is 0.489 e. The van der Waals surface area contributed by atoms with Crippen molar-refractivity contribution in [1.29, 1.82) is 0 Å². The number of aliphatic hydroxyl groups is 2. The minimum Gasteiger partial charge on any atom is -0.489 e. The average Bonchev–Trinajstić information content (AvgIpc) is 2.95. The van der Waals surface area contributed by atoms with Gasteiger partial charge in [-0.25, -0.2) is 8.42 Å². The van der Waals surface area contributed by atoms with E-state index >= 15 is 0 Å². The molecule has 0 amide bonds. The van der Waals surface area contributed by atoms with Gasteiger partial charge in [0.25, 0.3) is 0 Å². The maximum absolute atomic E-state index is 12.9.